The van der Waals surface area contributed by atoms with Gasteiger partial charge in [-0.1, -0.05) is 65.5 Å². The first-order valence-electron chi connectivity index (χ1n) is 23.3. The van der Waals surface area contributed by atoms with Gasteiger partial charge in [-0.15, -0.1) is 0 Å². The molecule has 3 aliphatic heterocycles. The van der Waals surface area contributed by atoms with Gasteiger partial charge in [-0.3, -0.25) is 33.3 Å². The maximum Gasteiger partial charge on any atom is 0.490 e. The summed E-state index contributed by atoms with van der Waals surface area (Å²) < 4.78 is 93.7. The number of rotatable bonds is 25. The number of fused-ring (bicyclic) bond motifs is 2. The van der Waals surface area contributed by atoms with Crippen molar-refractivity contribution in [3.63, 3.8) is 0 Å². The summed E-state index contributed by atoms with van der Waals surface area (Å²) in [6.45, 7) is 10.4. The molecule has 0 saturated carbocycles. The topological polar surface area (TPSA) is 375 Å². The monoisotopic (exact) mass is 1220 g/mol. The number of carbonyl (C=O) groups is 1. The smallest absolute Gasteiger partial charge is 0.490 e. The highest BCUT2D eigenvalue weighted by atomic mass is 33.1. The molecule has 0 bridgehead atoms. The molecular weight excluding hydrogens is 1170 g/mol. The minimum atomic E-state index is -5.80. The first-order valence-corrected chi connectivity index (χ1v) is 32.5. The molecule has 4 heterocycles. The first-order chi connectivity index (χ1) is 36.5. The van der Waals surface area contributed by atoms with Gasteiger partial charge in [0.05, 0.1) is 41.6 Å². The van der Waals surface area contributed by atoms with Gasteiger partial charge >= 0.3 is 29.2 Å². The molecule has 0 aliphatic carbocycles. The van der Waals surface area contributed by atoms with Gasteiger partial charge in [0.1, 0.15) is 24.4 Å². The summed E-state index contributed by atoms with van der Waals surface area (Å²) in [5.74, 6) is 6.01. The molecule has 26 nitrogen and oxygen atoms in total. The zero-order valence-electron chi connectivity index (χ0n) is 42.1. The molecule has 6 rings (SSSR count). The zero-order valence-corrected chi connectivity index (χ0v) is 48.1. The molecule has 3 aromatic rings. The van der Waals surface area contributed by atoms with E-state index < -0.39 is 75.3 Å². The van der Waals surface area contributed by atoms with Crippen LogP contribution in [0.5, 0.6) is 0 Å². The van der Waals surface area contributed by atoms with Gasteiger partial charge in [0.15, 0.2) is 5.71 Å². The van der Waals surface area contributed by atoms with E-state index in [-0.39, 0.29) is 41.2 Å². The van der Waals surface area contributed by atoms with Crippen LogP contribution in [0.3, 0.4) is 0 Å². The van der Waals surface area contributed by atoms with Gasteiger partial charge in [0.25, 0.3) is 15.7 Å². The summed E-state index contributed by atoms with van der Waals surface area (Å²) in [6.07, 6.45) is 7.23. The summed E-state index contributed by atoms with van der Waals surface area (Å²) >= 11 is 0.839. The second-order valence-electron chi connectivity index (χ2n) is 18.2. The molecule has 78 heavy (non-hydrogen) atoms. The summed E-state index contributed by atoms with van der Waals surface area (Å²) in [6, 6.07) is 10.4. The molecule has 1 aromatic heterocycles. The Hall–Kier alpha value is -3.99. The fourth-order valence-electron chi connectivity index (χ4n) is 8.71. The van der Waals surface area contributed by atoms with Crippen molar-refractivity contribution in [1.29, 1.82) is 0 Å². The molecule has 0 radical (unpaired) electrons. The highest BCUT2D eigenvalue weighted by molar-refractivity contribution is 8.76. The Bertz CT molecular complexity index is 3330. The molecule has 2 aromatic carbocycles. The van der Waals surface area contributed by atoms with Crippen LogP contribution in [0, 0.1) is 11.8 Å². The van der Waals surface area contributed by atoms with Crippen LogP contribution in [0.2, 0.25) is 0 Å². The number of benzene rings is 2. The van der Waals surface area contributed by atoms with Gasteiger partial charge in [-0.2, -0.15) is 25.9 Å². The highest BCUT2D eigenvalue weighted by Gasteiger charge is 2.46. The van der Waals surface area contributed by atoms with E-state index >= 15 is 0 Å². The van der Waals surface area contributed by atoms with E-state index in [4.69, 9.17) is 14.5 Å². The molecule has 1 amide bonds. The lowest BCUT2D eigenvalue weighted by Crippen LogP contribution is -2.34. The summed E-state index contributed by atoms with van der Waals surface area (Å²) in [5, 5.41) is 27.0. The number of aliphatic hydroxyl groups excluding tert-OH is 1. The molecule has 5 atom stereocenters. The number of nitrogens with zero attached hydrogens (tertiary/aromatic N) is 3. The van der Waals surface area contributed by atoms with Crippen molar-refractivity contribution in [3.8, 4) is 11.8 Å². The second-order valence-corrected chi connectivity index (χ2v) is 27.6. The lowest BCUT2D eigenvalue weighted by molar-refractivity contribution is -0.777. The molecule has 8 N–H and O–H groups in total. The van der Waals surface area contributed by atoms with E-state index in [0.717, 1.165) is 68.2 Å². The lowest BCUT2D eigenvalue weighted by atomic mass is 9.81. The number of aromatic amines is 1. The van der Waals surface area contributed by atoms with Gasteiger partial charge in [0.2, 0.25) is 11.6 Å². The number of carbonyl (C=O) groups excluding carboxylic acids is 1. The van der Waals surface area contributed by atoms with Gasteiger partial charge < -0.3 is 44.9 Å². The lowest BCUT2D eigenvalue weighted by Gasteiger charge is -2.25. The number of anilines is 1. The molecule has 0 spiro atoms. The third-order valence-electron chi connectivity index (χ3n) is 12.2. The first kappa shape index (κ1) is 63.2. The molecule has 426 valence electrons. The maximum absolute atomic E-state index is 12.6. The van der Waals surface area contributed by atoms with Crippen molar-refractivity contribution in [2.75, 3.05) is 42.6 Å². The Balaban J connectivity index is 0.999. The van der Waals surface area contributed by atoms with Crippen LogP contribution in [0.4, 0.5) is 11.4 Å². The number of likely N-dealkylation sites (N-methyl/N-ethyl adjacent to an activating group) is 1. The van der Waals surface area contributed by atoms with Crippen LogP contribution in [0.1, 0.15) is 76.8 Å². The Morgan fingerprint density at radius 3 is 2.42 bits per heavy atom. The van der Waals surface area contributed by atoms with E-state index in [1.807, 2.05) is 61.3 Å². The maximum atomic E-state index is 12.6. The molecule has 1 fully saturated rings. The predicted molar refractivity (Wildman–Crippen MR) is 286 cm³/mol. The quantitative estimate of drug-likeness (QED) is 0.00552. The fourth-order valence-corrected chi connectivity index (χ4v) is 14.7. The zero-order chi connectivity index (χ0) is 57.4. The number of phosphoric acid groups is 3. The largest absolute Gasteiger partial charge is 0.691 e. The Morgan fingerprint density at radius 1 is 1.00 bits per heavy atom. The summed E-state index contributed by atoms with van der Waals surface area (Å²) in [4.78, 5) is 79.0. The van der Waals surface area contributed by atoms with Crippen molar-refractivity contribution in [1.82, 2.24) is 14.9 Å². The van der Waals surface area contributed by atoms with Crippen molar-refractivity contribution in [2.45, 2.75) is 92.9 Å². The molecular formula is C45H56N5O21P3S4. The number of aromatic nitrogens is 2. The summed E-state index contributed by atoms with van der Waals surface area (Å²) in [5.41, 5.74) is 2.56. The molecule has 1 saturated heterocycles. The number of hydrogen-bond donors (Lipinski definition) is 8. The van der Waals surface area contributed by atoms with Crippen LogP contribution in [-0.2, 0) is 66.7 Å². The minimum absolute atomic E-state index is 0.141. The average Bonchev–Trinajstić information content (AvgIpc) is 4.06. The normalized spacial score (nSPS) is 20.9. The van der Waals surface area contributed by atoms with Crippen LogP contribution in [-0.4, -0.2) is 113 Å². The fraction of sp³-hybridized carbons (Fsp3) is 0.422. The standard InChI is InChI=1S/C45H56N5O21P3S4/c1-6-48-34-17-15-30(77-69-68-55)24-32(34)44(2,3)38(48)13-8-7-9-14-39-45(4,5)33-25-31(78(63,64)65)16-18-35(33)49(39)21-11-22-75-76-23-19-40(52)46-20-10-12-29-27-50(43(54)47-42(29)53)41-26-36(51)37(67-41)28-66-73(59,60)71-74(61,62)70-72(56,57)58/h7-9,13-18,24-25,27,36-37,41,51H,6,11,19-23,26,28H2,1-5H3,(H7-,46,47,52,53,54,55,56,57,58,59,60,61,62,63,64,65)/t36-,37-,41-/m1/s1. The van der Waals surface area contributed by atoms with Crippen LogP contribution >= 0.6 is 57.1 Å². The van der Waals surface area contributed by atoms with Crippen molar-refractivity contribution < 1.29 is 93.2 Å². The number of ether oxygens (including phenoxy) is 1. The van der Waals surface area contributed by atoms with Crippen LogP contribution in [0.15, 0.2) is 98.1 Å². The van der Waals surface area contributed by atoms with Gasteiger partial charge in [-0.25, -0.2) is 18.5 Å². The highest BCUT2D eigenvalue weighted by Crippen LogP contribution is 2.66. The van der Waals surface area contributed by atoms with E-state index in [1.165, 1.54) is 22.9 Å². The number of H-pyrrole nitrogens is 1. The van der Waals surface area contributed by atoms with Crippen molar-refractivity contribution in [2.24, 2.45) is 0 Å². The third-order valence-corrected chi connectivity index (χ3v) is 19.9. The Morgan fingerprint density at radius 2 is 1.73 bits per heavy atom. The molecule has 33 heteroatoms. The predicted octanol–water partition coefficient (Wildman–Crippen LogP) is 4.53. The van der Waals surface area contributed by atoms with Crippen molar-refractivity contribution in [3.05, 3.63) is 116 Å². The van der Waals surface area contributed by atoms with E-state index in [2.05, 4.69) is 76.0 Å². The van der Waals surface area contributed by atoms with Gasteiger partial charge in [0, 0.05) is 82.9 Å². The number of aliphatic hydroxyl groups is 1. The van der Waals surface area contributed by atoms with E-state index in [9.17, 15) is 61.2 Å². The number of hydrogen-bond acceptors (Lipinski definition) is 20. The number of allylic oxidation sites excluding steroid dienone is 6. The number of phosphoric ester groups is 1. The Labute approximate surface area is 459 Å². The Kier molecular flexibility index (Phi) is 21.3. The average molecular weight is 1220 g/mol. The SMILES string of the molecule is CCN1/C(=C/C=C/C=C/C2=[N+](CCCSSCCC(=O)NCC#Cc3cn([C@H]4C[C@@H](O)[C@@H](COP(=O)(O)OP(=O)(O)OP(=O)(O)O)O4)c(=O)[nH]c3=O)c3ccc(S(=O)(=O)O)cc3C2(C)C)C(C)(C)c2cc(SOO[O-])ccc21. The van der Waals surface area contributed by atoms with E-state index in [1.54, 1.807) is 16.9 Å². The van der Waals surface area contributed by atoms with Crippen LogP contribution < -0.4 is 26.7 Å². The van der Waals surface area contributed by atoms with E-state index in [0.29, 0.717) is 24.5 Å². The summed E-state index contributed by atoms with van der Waals surface area (Å²) in [7, 11) is -18.4. The minimum Gasteiger partial charge on any atom is -0.691 e. The molecule has 3 aliphatic rings. The van der Waals surface area contributed by atoms with Crippen molar-refractivity contribution >= 4 is 90.2 Å². The van der Waals surface area contributed by atoms with Gasteiger partial charge in [-0.05, 0) is 62.7 Å². The number of amides is 1. The number of nitrogens with one attached hydrogen (secondary N) is 2. The second kappa shape index (κ2) is 26.3. The third kappa shape index (κ3) is 16.4. The molecule has 2 unspecified atom stereocenters. The van der Waals surface area contributed by atoms with Crippen LogP contribution in [0.25, 0.3) is 0 Å².